The number of fused-ring (bicyclic) bond motifs is 5. The normalized spacial score (nSPS) is 12.6. The van der Waals surface area contributed by atoms with E-state index in [2.05, 4.69) is 229 Å². The van der Waals surface area contributed by atoms with Gasteiger partial charge < -0.3 is 4.90 Å². The molecule has 54 heavy (non-hydrogen) atoms. The van der Waals surface area contributed by atoms with Crippen LogP contribution in [0.15, 0.2) is 224 Å². The van der Waals surface area contributed by atoms with Gasteiger partial charge in [-0.1, -0.05) is 200 Å². The van der Waals surface area contributed by atoms with E-state index < -0.39 is 5.41 Å². The Bertz CT molecular complexity index is 2680. The van der Waals surface area contributed by atoms with E-state index in [1.54, 1.807) is 0 Å². The van der Waals surface area contributed by atoms with Gasteiger partial charge in [-0.25, -0.2) is 0 Å². The zero-order chi connectivity index (χ0) is 35.9. The summed E-state index contributed by atoms with van der Waals surface area (Å²) in [5, 5.41) is 2.48. The summed E-state index contributed by atoms with van der Waals surface area (Å²) in [6.45, 7) is 0. The fourth-order valence-electron chi connectivity index (χ4n) is 8.92. The van der Waals surface area contributed by atoms with E-state index >= 15 is 0 Å². The van der Waals surface area contributed by atoms with Crippen molar-refractivity contribution in [3.63, 3.8) is 0 Å². The Morgan fingerprint density at radius 2 is 0.759 bits per heavy atom. The summed E-state index contributed by atoms with van der Waals surface area (Å²) < 4.78 is 0. The first kappa shape index (κ1) is 31.7. The summed E-state index contributed by atoms with van der Waals surface area (Å²) in [5.41, 5.74) is 15.2. The SMILES string of the molecule is c1ccc(-c2ccc(N(c3ccccc3)c3c4c(c5ccccc5c3-c3ccccc3)C(c3ccccc3)(c3ccccc3)c3ccccc3-4)cc2)cc1. The van der Waals surface area contributed by atoms with Crippen LogP contribution in [-0.4, -0.2) is 0 Å². The van der Waals surface area contributed by atoms with Gasteiger partial charge in [-0.2, -0.15) is 0 Å². The Morgan fingerprint density at radius 3 is 1.37 bits per heavy atom. The lowest BCUT2D eigenvalue weighted by atomic mass is 9.66. The van der Waals surface area contributed by atoms with Crippen LogP contribution < -0.4 is 4.90 Å². The molecule has 0 amide bonds. The smallest absolute Gasteiger partial charge is 0.0720 e. The maximum Gasteiger partial charge on any atom is 0.0720 e. The van der Waals surface area contributed by atoms with Crippen LogP contribution in [0.25, 0.3) is 44.2 Å². The molecular formula is C53H37N. The van der Waals surface area contributed by atoms with Crippen LogP contribution in [0, 0.1) is 0 Å². The number of nitrogens with zero attached hydrogens (tertiary/aromatic N) is 1. The highest BCUT2D eigenvalue weighted by Crippen LogP contribution is 2.63. The molecule has 1 aliphatic rings. The molecule has 0 N–H and O–H groups in total. The van der Waals surface area contributed by atoms with Crippen LogP contribution in [0.5, 0.6) is 0 Å². The average Bonchev–Trinajstić information content (AvgIpc) is 3.58. The number of hydrogen-bond acceptors (Lipinski definition) is 1. The number of hydrogen-bond donors (Lipinski definition) is 0. The lowest BCUT2D eigenvalue weighted by Gasteiger charge is -2.36. The van der Waals surface area contributed by atoms with Crippen molar-refractivity contribution in [2.24, 2.45) is 0 Å². The van der Waals surface area contributed by atoms with Crippen molar-refractivity contribution in [2.45, 2.75) is 5.41 Å². The van der Waals surface area contributed by atoms with Crippen LogP contribution in [0.4, 0.5) is 17.1 Å². The van der Waals surface area contributed by atoms with E-state index in [1.165, 1.54) is 72.1 Å². The molecule has 0 spiro atoms. The van der Waals surface area contributed by atoms with Crippen LogP contribution in [-0.2, 0) is 5.41 Å². The molecule has 0 atom stereocenters. The summed E-state index contributed by atoms with van der Waals surface area (Å²) in [4.78, 5) is 2.51. The Labute approximate surface area is 317 Å². The molecule has 9 aromatic rings. The van der Waals surface area contributed by atoms with Gasteiger partial charge in [-0.15, -0.1) is 0 Å². The monoisotopic (exact) mass is 687 g/mol. The molecule has 254 valence electrons. The minimum atomic E-state index is -0.572. The van der Waals surface area contributed by atoms with Gasteiger partial charge in [0.1, 0.15) is 0 Å². The molecule has 0 saturated carbocycles. The lowest BCUT2D eigenvalue weighted by molar-refractivity contribution is 0.775. The van der Waals surface area contributed by atoms with Crippen LogP contribution in [0.3, 0.4) is 0 Å². The highest BCUT2D eigenvalue weighted by molar-refractivity contribution is 6.16. The molecule has 0 radical (unpaired) electrons. The van der Waals surface area contributed by atoms with Crippen molar-refractivity contribution in [3.05, 3.63) is 247 Å². The number of para-hydroxylation sites is 1. The second-order valence-corrected chi connectivity index (χ2v) is 14.0. The highest BCUT2D eigenvalue weighted by atomic mass is 15.1. The summed E-state index contributed by atoms with van der Waals surface area (Å²) in [6.07, 6.45) is 0. The van der Waals surface area contributed by atoms with Gasteiger partial charge in [0.05, 0.1) is 11.1 Å². The molecule has 0 unspecified atom stereocenters. The van der Waals surface area contributed by atoms with Crippen LogP contribution >= 0.6 is 0 Å². The molecular weight excluding hydrogens is 651 g/mol. The Balaban J connectivity index is 1.41. The molecule has 0 saturated heterocycles. The minimum Gasteiger partial charge on any atom is -0.309 e. The van der Waals surface area contributed by atoms with Gasteiger partial charge in [0, 0.05) is 22.5 Å². The molecule has 1 aliphatic carbocycles. The third-order valence-electron chi connectivity index (χ3n) is 11.1. The van der Waals surface area contributed by atoms with Gasteiger partial charge in [-0.05, 0) is 79.5 Å². The van der Waals surface area contributed by atoms with E-state index in [1.807, 2.05) is 0 Å². The largest absolute Gasteiger partial charge is 0.309 e. The summed E-state index contributed by atoms with van der Waals surface area (Å²) in [7, 11) is 0. The number of benzene rings is 9. The molecule has 1 heteroatoms. The fraction of sp³-hybridized carbons (Fsp3) is 0.0189. The van der Waals surface area contributed by atoms with Gasteiger partial charge in [0.15, 0.2) is 0 Å². The second-order valence-electron chi connectivity index (χ2n) is 14.0. The van der Waals surface area contributed by atoms with Crippen molar-refractivity contribution < 1.29 is 0 Å². The molecule has 0 bridgehead atoms. The first-order valence-corrected chi connectivity index (χ1v) is 18.7. The van der Waals surface area contributed by atoms with Crippen LogP contribution in [0.1, 0.15) is 22.3 Å². The van der Waals surface area contributed by atoms with Crippen molar-refractivity contribution in [2.75, 3.05) is 4.90 Å². The van der Waals surface area contributed by atoms with Gasteiger partial charge >= 0.3 is 0 Å². The predicted molar refractivity (Wildman–Crippen MR) is 227 cm³/mol. The van der Waals surface area contributed by atoms with E-state index in [9.17, 15) is 0 Å². The fourth-order valence-corrected chi connectivity index (χ4v) is 8.92. The molecule has 9 aromatic carbocycles. The first-order chi connectivity index (χ1) is 26.8. The van der Waals surface area contributed by atoms with Gasteiger partial charge in [-0.3, -0.25) is 0 Å². The third-order valence-corrected chi connectivity index (χ3v) is 11.1. The molecule has 0 heterocycles. The quantitative estimate of drug-likeness (QED) is 0.161. The molecule has 0 aliphatic heterocycles. The molecule has 1 nitrogen and oxygen atoms in total. The Hall–Kier alpha value is -6.96. The lowest BCUT2D eigenvalue weighted by Crippen LogP contribution is -2.29. The van der Waals surface area contributed by atoms with Crippen molar-refractivity contribution >= 4 is 27.8 Å². The Kier molecular flexibility index (Phi) is 7.78. The number of anilines is 3. The third kappa shape index (κ3) is 4.94. The van der Waals surface area contributed by atoms with Crippen molar-refractivity contribution in [3.8, 4) is 33.4 Å². The summed E-state index contributed by atoms with van der Waals surface area (Å²) >= 11 is 0. The second kappa shape index (κ2) is 13.2. The predicted octanol–water partition coefficient (Wildman–Crippen LogP) is 14.0. The average molecular weight is 688 g/mol. The van der Waals surface area contributed by atoms with E-state index in [-0.39, 0.29) is 0 Å². The van der Waals surface area contributed by atoms with Crippen molar-refractivity contribution in [1.29, 1.82) is 0 Å². The zero-order valence-corrected chi connectivity index (χ0v) is 29.8. The topological polar surface area (TPSA) is 3.24 Å². The summed E-state index contributed by atoms with van der Waals surface area (Å²) in [6, 6.07) is 82.0. The molecule has 0 fully saturated rings. The van der Waals surface area contributed by atoms with Gasteiger partial charge in [0.2, 0.25) is 0 Å². The standard InChI is InChI=1S/C53H37N/c1-6-20-38(21-7-1)39-34-36-44(37-35-39)54(43-28-14-5-15-29-43)52-49(40-22-8-2-9-23-40)45-30-16-17-31-46(45)51-50(52)47-32-18-19-33-48(47)53(51,41-24-10-3-11-25-41)42-26-12-4-13-27-42/h1-37H. The van der Waals surface area contributed by atoms with Crippen LogP contribution in [0.2, 0.25) is 0 Å². The van der Waals surface area contributed by atoms with Gasteiger partial charge in [0.25, 0.3) is 0 Å². The number of rotatable bonds is 7. The van der Waals surface area contributed by atoms with E-state index in [0.29, 0.717) is 0 Å². The Morgan fingerprint density at radius 1 is 0.315 bits per heavy atom. The maximum absolute atomic E-state index is 2.51. The van der Waals surface area contributed by atoms with E-state index in [4.69, 9.17) is 0 Å². The summed E-state index contributed by atoms with van der Waals surface area (Å²) in [5.74, 6) is 0. The molecule has 0 aromatic heterocycles. The maximum atomic E-state index is 2.51. The van der Waals surface area contributed by atoms with Crippen molar-refractivity contribution in [1.82, 2.24) is 0 Å². The van der Waals surface area contributed by atoms with E-state index in [0.717, 1.165) is 11.4 Å². The molecule has 10 rings (SSSR count). The minimum absolute atomic E-state index is 0.572. The first-order valence-electron chi connectivity index (χ1n) is 18.7. The zero-order valence-electron chi connectivity index (χ0n) is 29.8. The highest BCUT2D eigenvalue weighted by Gasteiger charge is 2.49.